The van der Waals surface area contributed by atoms with Gasteiger partial charge in [-0.05, 0) is 32.9 Å². The van der Waals surface area contributed by atoms with Crippen molar-refractivity contribution in [3.8, 4) is 0 Å². The van der Waals surface area contributed by atoms with E-state index in [9.17, 15) is 4.79 Å². The third-order valence-corrected chi connectivity index (χ3v) is 4.72. The maximum Gasteiger partial charge on any atom is 0.230 e. The van der Waals surface area contributed by atoms with Gasteiger partial charge in [0.1, 0.15) is 10.1 Å². The van der Waals surface area contributed by atoms with Gasteiger partial charge in [-0.3, -0.25) is 4.79 Å². The van der Waals surface area contributed by atoms with Crippen molar-refractivity contribution < 1.29 is 4.79 Å². The zero-order valence-electron chi connectivity index (χ0n) is 12.9. The van der Waals surface area contributed by atoms with Crippen LogP contribution >= 0.6 is 23.5 Å². The molecule has 1 heterocycles. The maximum absolute atomic E-state index is 11.8. The molecule has 2 rings (SSSR count). The Morgan fingerprint density at radius 2 is 1.95 bits per heavy atom. The van der Waals surface area contributed by atoms with Crippen LogP contribution in [0, 0.1) is 6.92 Å². The highest BCUT2D eigenvalue weighted by Gasteiger charge is 2.11. The second-order valence-electron chi connectivity index (χ2n) is 5.10. The molecule has 2 aromatic rings. The molecule has 0 aliphatic heterocycles. The van der Waals surface area contributed by atoms with Gasteiger partial charge in [-0.1, -0.05) is 41.2 Å². The fourth-order valence-corrected chi connectivity index (χ4v) is 3.60. The number of carbonyl (C=O) groups excluding carboxylic acids is 1. The minimum absolute atomic E-state index is 0.0113. The molecule has 116 valence electrons. The average Bonchev–Trinajstić information content (AvgIpc) is 2.46. The van der Waals surface area contributed by atoms with Crippen molar-refractivity contribution in [1.29, 1.82) is 0 Å². The van der Waals surface area contributed by atoms with Gasteiger partial charge in [0, 0.05) is 23.3 Å². The number of benzene rings is 1. The quantitative estimate of drug-likeness (QED) is 0.819. The van der Waals surface area contributed by atoms with Gasteiger partial charge >= 0.3 is 0 Å². The molecule has 0 radical (unpaired) electrons. The van der Waals surface area contributed by atoms with Gasteiger partial charge in [-0.2, -0.15) is 0 Å². The highest BCUT2D eigenvalue weighted by molar-refractivity contribution is 8.02. The maximum atomic E-state index is 11.8. The van der Waals surface area contributed by atoms with E-state index in [2.05, 4.69) is 34.3 Å². The first-order valence-corrected chi connectivity index (χ1v) is 8.82. The number of aryl methyl sites for hydroxylation is 1. The molecule has 1 amide bonds. The second-order valence-corrected chi connectivity index (χ2v) is 7.12. The highest BCUT2D eigenvalue weighted by Crippen LogP contribution is 2.32. The van der Waals surface area contributed by atoms with Crippen molar-refractivity contribution in [3.63, 3.8) is 0 Å². The van der Waals surface area contributed by atoms with Crippen LogP contribution in [0.3, 0.4) is 0 Å². The monoisotopic (exact) mass is 333 g/mol. The van der Waals surface area contributed by atoms with Crippen LogP contribution in [0.25, 0.3) is 0 Å². The summed E-state index contributed by atoms with van der Waals surface area (Å²) in [6.07, 6.45) is 3.33. The van der Waals surface area contributed by atoms with E-state index in [1.165, 1.54) is 17.3 Å². The summed E-state index contributed by atoms with van der Waals surface area (Å²) in [6.45, 7) is 5.96. The Hall–Kier alpha value is -1.53. The largest absolute Gasteiger partial charge is 0.353 e. The van der Waals surface area contributed by atoms with Gasteiger partial charge in [0.25, 0.3) is 0 Å². The Bertz CT molecular complexity index is 647. The molecule has 0 spiro atoms. The Morgan fingerprint density at radius 3 is 2.64 bits per heavy atom. The lowest BCUT2D eigenvalue weighted by Crippen LogP contribution is -2.31. The number of aromatic nitrogens is 2. The molecule has 0 fully saturated rings. The fourth-order valence-electron chi connectivity index (χ4n) is 1.77. The van der Waals surface area contributed by atoms with Crippen LogP contribution in [0.15, 0.2) is 51.6 Å². The molecule has 0 saturated carbocycles. The molecule has 6 heteroatoms. The van der Waals surface area contributed by atoms with E-state index in [0.717, 1.165) is 14.9 Å². The molecule has 1 aromatic heterocycles. The number of nitrogens with one attached hydrogen (secondary N) is 1. The van der Waals surface area contributed by atoms with Crippen molar-refractivity contribution in [1.82, 2.24) is 15.3 Å². The zero-order valence-corrected chi connectivity index (χ0v) is 14.5. The van der Waals surface area contributed by atoms with Gasteiger partial charge in [0.2, 0.25) is 5.91 Å². The molecule has 0 bridgehead atoms. The SMILES string of the molecule is Cc1cccc(Sc2nccnc2SCC(=O)NC(C)C)c1. The van der Waals surface area contributed by atoms with Crippen LogP contribution in [-0.2, 0) is 4.79 Å². The van der Waals surface area contributed by atoms with Gasteiger partial charge in [0.05, 0.1) is 5.75 Å². The van der Waals surface area contributed by atoms with E-state index in [4.69, 9.17) is 0 Å². The lowest BCUT2D eigenvalue weighted by Gasteiger charge is -2.09. The predicted molar refractivity (Wildman–Crippen MR) is 91.3 cm³/mol. The van der Waals surface area contributed by atoms with Gasteiger partial charge in [0.15, 0.2) is 0 Å². The lowest BCUT2D eigenvalue weighted by molar-refractivity contribution is -0.119. The Morgan fingerprint density at radius 1 is 1.23 bits per heavy atom. The van der Waals surface area contributed by atoms with Gasteiger partial charge in [-0.15, -0.1) is 0 Å². The molecule has 0 saturated heterocycles. The fraction of sp³-hybridized carbons (Fsp3) is 0.312. The number of rotatable bonds is 6. The van der Waals surface area contributed by atoms with Gasteiger partial charge in [-0.25, -0.2) is 9.97 Å². The Labute approximate surface area is 139 Å². The Balaban J connectivity index is 2.05. The number of thioether (sulfide) groups is 1. The normalized spacial score (nSPS) is 10.7. The summed E-state index contributed by atoms with van der Waals surface area (Å²) in [5.41, 5.74) is 1.21. The average molecular weight is 333 g/mol. The minimum atomic E-state index is 0.0113. The molecule has 1 N–H and O–H groups in total. The molecular formula is C16H19N3OS2. The predicted octanol–water partition coefficient (Wildman–Crippen LogP) is 3.55. The van der Waals surface area contributed by atoms with Gasteiger partial charge < -0.3 is 5.32 Å². The second kappa shape index (κ2) is 8.19. The summed E-state index contributed by atoms with van der Waals surface area (Å²) in [6, 6.07) is 8.39. The van der Waals surface area contributed by atoms with Crippen LogP contribution in [0.2, 0.25) is 0 Å². The van der Waals surface area contributed by atoms with E-state index < -0.39 is 0 Å². The molecular weight excluding hydrogens is 314 g/mol. The van der Waals surface area contributed by atoms with Crippen molar-refractivity contribution in [2.45, 2.75) is 41.8 Å². The van der Waals surface area contributed by atoms with Crippen LogP contribution < -0.4 is 5.32 Å². The third kappa shape index (κ3) is 5.35. The van der Waals surface area contributed by atoms with Crippen molar-refractivity contribution in [3.05, 3.63) is 42.2 Å². The van der Waals surface area contributed by atoms with Crippen LogP contribution in [0.4, 0.5) is 0 Å². The standard InChI is InChI=1S/C16H19N3OS2/c1-11(2)19-14(20)10-21-15-16(18-8-7-17-15)22-13-6-4-5-12(3)9-13/h4-9,11H,10H2,1-3H3,(H,19,20). The van der Waals surface area contributed by atoms with Crippen LogP contribution in [0.5, 0.6) is 0 Å². The summed E-state index contributed by atoms with van der Waals surface area (Å²) < 4.78 is 0. The number of hydrogen-bond acceptors (Lipinski definition) is 5. The summed E-state index contributed by atoms with van der Waals surface area (Å²) in [5.74, 6) is 0.357. The first kappa shape index (κ1) is 16.8. The van der Waals surface area contributed by atoms with E-state index >= 15 is 0 Å². The number of amides is 1. The van der Waals surface area contributed by atoms with E-state index in [1.807, 2.05) is 26.0 Å². The van der Waals surface area contributed by atoms with Crippen molar-refractivity contribution in [2.75, 3.05) is 5.75 Å². The first-order valence-electron chi connectivity index (χ1n) is 7.02. The van der Waals surface area contributed by atoms with Crippen molar-refractivity contribution in [2.24, 2.45) is 0 Å². The zero-order chi connectivity index (χ0) is 15.9. The van der Waals surface area contributed by atoms with E-state index in [1.54, 1.807) is 24.2 Å². The van der Waals surface area contributed by atoms with Crippen molar-refractivity contribution >= 4 is 29.4 Å². The van der Waals surface area contributed by atoms with Crippen LogP contribution in [-0.4, -0.2) is 27.7 Å². The van der Waals surface area contributed by atoms with Crippen LogP contribution in [0.1, 0.15) is 19.4 Å². The summed E-state index contributed by atoms with van der Waals surface area (Å²) in [5, 5.41) is 4.49. The third-order valence-electron chi connectivity index (χ3n) is 2.63. The topological polar surface area (TPSA) is 54.9 Å². The molecule has 0 aliphatic rings. The molecule has 0 unspecified atom stereocenters. The van der Waals surface area contributed by atoms with E-state index in [0.29, 0.717) is 5.75 Å². The summed E-state index contributed by atoms with van der Waals surface area (Å²) in [7, 11) is 0. The number of hydrogen-bond donors (Lipinski definition) is 1. The summed E-state index contributed by atoms with van der Waals surface area (Å²) in [4.78, 5) is 21.6. The molecule has 1 aromatic carbocycles. The molecule has 22 heavy (non-hydrogen) atoms. The highest BCUT2D eigenvalue weighted by atomic mass is 32.2. The first-order chi connectivity index (χ1) is 10.5. The Kier molecular flexibility index (Phi) is 6.27. The lowest BCUT2D eigenvalue weighted by atomic mass is 10.2. The molecule has 0 atom stereocenters. The number of nitrogens with zero attached hydrogens (tertiary/aromatic N) is 2. The molecule has 0 aliphatic carbocycles. The number of carbonyl (C=O) groups is 1. The van der Waals surface area contributed by atoms with E-state index in [-0.39, 0.29) is 11.9 Å². The molecule has 4 nitrogen and oxygen atoms in total. The minimum Gasteiger partial charge on any atom is -0.353 e. The summed E-state index contributed by atoms with van der Waals surface area (Å²) >= 11 is 2.98. The smallest absolute Gasteiger partial charge is 0.230 e.